The van der Waals surface area contributed by atoms with Crippen molar-refractivity contribution in [2.24, 2.45) is 0 Å². The first kappa shape index (κ1) is 10.3. The third-order valence-electron chi connectivity index (χ3n) is 0.758. The Morgan fingerprint density at radius 2 is 2.00 bits per heavy atom. The predicted octanol–water partition coefficient (Wildman–Crippen LogP) is 0.580. The summed E-state index contributed by atoms with van der Waals surface area (Å²) in [5.41, 5.74) is 0. The van der Waals surface area contributed by atoms with Crippen molar-refractivity contribution in [3.05, 3.63) is 0 Å². The number of nitrogens with zero attached hydrogens (tertiary/aromatic N) is 1. The Hall–Kier alpha value is -0.700. The van der Waals surface area contributed by atoms with E-state index in [0.29, 0.717) is 6.92 Å². The summed E-state index contributed by atoms with van der Waals surface area (Å²) >= 11 is 0. The number of hydrogen-bond donors (Lipinski definition) is 0. The summed E-state index contributed by atoms with van der Waals surface area (Å²) in [6.45, 7) is 0.502. The van der Waals surface area contributed by atoms with E-state index in [1.165, 1.54) is 6.07 Å². The smallest absolute Gasteiger partial charge is 0.228 e. The van der Waals surface area contributed by atoms with Crippen LogP contribution in [-0.4, -0.2) is 25.8 Å². The van der Waals surface area contributed by atoms with E-state index in [0.717, 1.165) is 0 Å². The molecule has 0 radical (unpaired) electrons. The molecule has 0 fully saturated rings. The Morgan fingerprint density at radius 1 is 1.55 bits per heavy atom. The molecular formula is C5H7F2NO2S. The minimum atomic E-state index is -3.90. The van der Waals surface area contributed by atoms with E-state index >= 15 is 0 Å². The predicted molar refractivity (Wildman–Crippen MR) is 34.9 cm³/mol. The van der Waals surface area contributed by atoms with Gasteiger partial charge < -0.3 is 0 Å². The van der Waals surface area contributed by atoms with Crippen LogP contribution >= 0.6 is 0 Å². The van der Waals surface area contributed by atoms with Gasteiger partial charge in [0.2, 0.25) is 0 Å². The molecule has 0 unspecified atom stereocenters. The van der Waals surface area contributed by atoms with Gasteiger partial charge in [0.15, 0.2) is 9.84 Å². The van der Waals surface area contributed by atoms with Gasteiger partial charge in [-0.1, -0.05) is 0 Å². The molecule has 64 valence electrons. The molecule has 0 aliphatic rings. The first-order chi connectivity index (χ1) is 4.77. The Labute approximate surface area is 63.5 Å². The SMILES string of the molecule is CC(F)(F)CS(=O)(=O)CC#N. The summed E-state index contributed by atoms with van der Waals surface area (Å²) in [6.07, 6.45) is 0. The highest BCUT2D eigenvalue weighted by molar-refractivity contribution is 7.91. The zero-order valence-electron chi connectivity index (χ0n) is 5.84. The first-order valence-corrected chi connectivity index (χ1v) is 4.54. The average Bonchev–Trinajstić information content (AvgIpc) is 1.55. The highest BCUT2D eigenvalue weighted by Gasteiger charge is 2.29. The Kier molecular flexibility index (Phi) is 2.93. The minimum Gasteiger partial charge on any atom is -0.228 e. The highest BCUT2D eigenvalue weighted by atomic mass is 32.2. The summed E-state index contributed by atoms with van der Waals surface area (Å²) in [6, 6.07) is 1.31. The molecule has 0 atom stereocenters. The maximum absolute atomic E-state index is 12.1. The number of nitriles is 1. The molecule has 0 aromatic carbocycles. The van der Waals surface area contributed by atoms with Gasteiger partial charge in [-0.3, -0.25) is 0 Å². The van der Waals surface area contributed by atoms with E-state index in [1.54, 1.807) is 0 Å². The molecule has 0 N–H and O–H groups in total. The second kappa shape index (κ2) is 3.13. The molecule has 0 aromatic rings. The second-order valence-electron chi connectivity index (χ2n) is 2.26. The van der Waals surface area contributed by atoms with Gasteiger partial charge in [-0.15, -0.1) is 0 Å². The molecule has 0 amide bonds. The standard InChI is InChI=1S/C5H7F2NO2S/c1-5(6,7)4-11(9,10)3-2-8/h3-4H2,1H3. The van der Waals surface area contributed by atoms with Gasteiger partial charge in [0.25, 0.3) is 5.92 Å². The molecule has 6 heteroatoms. The van der Waals surface area contributed by atoms with Crippen molar-refractivity contribution in [2.75, 3.05) is 11.5 Å². The third-order valence-corrected chi connectivity index (χ3v) is 2.27. The second-order valence-corrected chi connectivity index (χ2v) is 4.33. The molecule has 0 aliphatic heterocycles. The van der Waals surface area contributed by atoms with Gasteiger partial charge in [0.1, 0.15) is 11.5 Å². The zero-order valence-corrected chi connectivity index (χ0v) is 6.66. The molecule has 0 bridgehead atoms. The summed E-state index contributed by atoms with van der Waals surface area (Å²) in [5.74, 6) is -5.36. The summed E-state index contributed by atoms with van der Waals surface area (Å²) in [5, 5.41) is 7.92. The van der Waals surface area contributed by atoms with Crippen LogP contribution in [0.15, 0.2) is 0 Å². The molecule has 0 saturated heterocycles. The van der Waals surface area contributed by atoms with E-state index in [2.05, 4.69) is 0 Å². The molecular weight excluding hydrogens is 176 g/mol. The fourth-order valence-corrected chi connectivity index (χ4v) is 1.61. The van der Waals surface area contributed by atoms with E-state index < -0.39 is 27.3 Å². The summed E-state index contributed by atoms with van der Waals surface area (Å²) in [7, 11) is -3.90. The molecule has 0 heterocycles. The number of rotatable bonds is 3. The van der Waals surface area contributed by atoms with Crippen LogP contribution in [0.4, 0.5) is 8.78 Å². The topological polar surface area (TPSA) is 57.9 Å². The monoisotopic (exact) mass is 183 g/mol. The van der Waals surface area contributed by atoms with Crippen LogP contribution in [0.3, 0.4) is 0 Å². The van der Waals surface area contributed by atoms with Crippen LogP contribution in [0, 0.1) is 11.3 Å². The first-order valence-electron chi connectivity index (χ1n) is 2.72. The van der Waals surface area contributed by atoms with Crippen LogP contribution < -0.4 is 0 Å². The molecule has 0 spiro atoms. The quantitative estimate of drug-likeness (QED) is 0.643. The Balaban J connectivity index is 4.30. The lowest BCUT2D eigenvalue weighted by molar-refractivity contribution is 0.0474. The van der Waals surface area contributed by atoms with Crippen molar-refractivity contribution >= 4 is 9.84 Å². The molecule has 0 aromatic heterocycles. The maximum Gasteiger partial charge on any atom is 0.259 e. The molecule has 0 saturated carbocycles. The van der Waals surface area contributed by atoms with E-state index in [9.17, 15) is 17.2 Å². The van der Waals surface area contributed by atoms with Crippen molar-refractivity contribution in [1.82, 2.24) is 0 Å². The molecule has 3 nitrogen and oxygen atoms in total. The van der Waals surface area contributed by atoms with Crippen molar-refractivity contribution < 1.29 is 17.2 Å². The third kappa shape index (κ3) is 5.73. The van der Waals surface area contributed by atoms with Crippen molar-refractivity contribution in [1.29, 1.82) is 5.26 Å². The van der Waals surface area contributed by atoms with E-state index in [-0.39, 0.29) is 0 Å². The van der Waals surface area contributed by atoms with Gasteiger partial charge in [-0.2, -0.15) is 5.26 Å². The van der Waals surface area contributed by atoms with Gasteiger partial charge in [-0.25, -0.2) is 17.2 Å². The van der Waals surface area contributed by atoms with Crippen molar-refractivity contribution in [3.63, 3.8) is 0 Å². The molecule has 0 rings (SSSR count). The normalized spacial score (nSPS) is 12.5. The lowest BCUT2D eigenvalue weighted by atomic mass is 10.5. The van der Waals surface area contributed by atoms with Gasteiger partial charge in [0, 0.05) is 6.92 Å². The van der Waals surface area contributed by atoms with Crippen LogP contribution in [-0.2, 0) is 9.84 Å². The number of hydrogen-bond acceptors (Lipinski definition) is 3. The van der Waals surface area contributed by atoms with Gasteiger partial charge in [-0.05, 0) is 0 Å². The van der Waals surface area contributed by atoms with Crippen LogP contribution in [0.1, 0.15) is 6.92 Å². The maximum atomic E-state index is 12.1. The largest absolute Gasteiger partial charge is 0.259 e. The summed E-state index contributed by atoms with van der Waals surface area (Å²) < 4.78 is 45.2. The van der Waals surface area contributed by atoms with Gasteiger partial charge in [0.05, 0.1) is 6.07 Å². The Morgan fingerprint density at radius 3 is 2.27 bits per heavy atom. The van der Waals surface area contributed by atoms with Crippen molar-refractivity contribution in [2.45, 2.75) is 12.8 Å². The van der Waals surface area contributed by atoms with Crippen LogP contribution in [0.2, 0.25) is 0 Å². The average molecular weight is 183 g/mol. The number of alkyl halides is 2. The minimum absolute atomic E-state index is 0.502. The number of halogens is 2. The lowest BCUT2D eigenvalue weighted by Gasteiger charge is -2.07. The Bertz CT molecular complexity index is 259. The summed E-state index contributed by atoms with van der Waals surface area (Å²) in [4.78, 5) is 0. The van der Waals surface area contributed by atoms with Gasteiger partial charge >= 0.3 is 0 Å². The van der Waals surface area contributed by atoms with Crippen molar-refractivity contribution in [3.8, 4) is 6.07 Å². The van der Waals surface area contributed by atoms with E-state index in [4.69, 9.17) is 5.26 Å². The fourth-order valence-electron chi connectivity index (χ4n) is 0.536. The molecule has 0 aliphatic carbocycles. The van der Waals surface area contributed by atoms with Crippen LogP contribution in [0.5, 0.6) is 0 Å². The zero-order chi connectivity index (χ0) is 9.12. The highest BCUT2D eigenvalue weighted by Crippen LogP contribution is 2.14. The lowest BCUT2D eigenvalue weighted by Crippen LogP contribution is -2.25. The molecule has 11 heavy (non-hydrogen) atoms. The van der Waals surface area contributed by atoms with Crippen LogP contribution in [0.25, 0.3) is 0 Å². The number of sulfone groups is 1. The fraction of sp³-hybridized carbons (Fsp3) is 0.800. The van der Waals surface area contributed by atoms with E-state index in [1.807, 2.05) is 0 Å².